The topological polar surface area (TPSA) is 34.5 Å². The lowest BCUT2D eigenvalue weighted by molar-refractivity contribution is -0.134. The average Bonchev–Trinajstić information content (AvgIpc) is 3.03. The molecule has 4 heteroatoms. The Labute approximate surface area is 131 Å². The van der Waals surface area contributed by atoms with Gasteiger partial charge >= 0.3 is 0 Å². The summed E-state index contributed by atoms with van der Waals surface area (Å²) in [6, 6.07) is 12.2. The average molecular weight is 298 g/mol. The highest BCUT2D eigenvalue weighted by Gasteiger charge is 2.26. The molecule has 0 radical (unpaired) electrons. The molecule has 0 saturated heterocycles. The zero-order chi connectivity index (χ0) is 15.5. The van der Waals surface area contributed by atoms with Gasteiger partial charge in [-0.2, -0.15) is 0 Å². The second-order valence-corrected chi connectivity index (χ2v) is 5.74. The van der Waals surface area contributed by atoms with Crippen molar-refractivity contribution in [3.63, 3.8) is 0 Å². The van der Waals surface area contributed by atoms with Gasteiger partial charge in [-0.05, 0) is 43.2 Å². The summed E-state index contributed by atoms with van der Waals surface area (Å²) in [5, 5.41) is 0. The van der Waals surface area contributed by atoms with Crippen LogP contribution in [0.2, 0.25) is 0 Å². The Bertz CT molecular complexity index is 645. The van der Waals surface area contributed by atoms with Crippen LogP contribution < -0.4 is 4.74 Å². The third kappa shape index (κ3) is 2.86. The Balaban J connectivity index is 1.60. The molecule has 1 aromatic carbocycles. The number of methoxy groups -OCH3 is 1. The first-order valence-corrected chi connectivity index (χ1v) is 7.76. The molecule has 0 aliphatic carbocycles. The van der Waals surface area contributed by atoms with Gasteiger partial charge in [0.1, 0.15) is 5.75 Å². The van der Waals surface area contributed by atoms with Crippen LogP contribution >= 0.6 is 0 Å². The zero-order valence-electron chi connectivity index (χ0n) is 13.2. The fourth-order valence-electron chi connectivity index (χ4n) is 3.11. The monoisotopic (exact) mass is 298 g/mol. The first kappa shape index (κ1) is 14.7. The molecule has 116 valence electrons. The quantitative estimate of drug-likeness (QED) is 0.869. The Morgan fingerprint density at radius 3 is 2.73 bits per heavy atom. The largest absolute Gasteiger partial charge is 0.497 e. The standard InChI is InChI=1S/C18H22N2O2/c1-14-17-4-3-11-19(17)12-13-20(14)18(21)10-7-15-5-8-16(22-2)9-6-15/h3-6,8-9,11,14H,7,10,12-13H2,1-2H3/t14-/m1/s1. The van der Waals surface area contributed by atoms with Gasteiger partial charge in [0.25, 0.3) is 0 Å². The number of amides is 1. The smallest absolute Gasteiger partial charge is 0.223 e. The fraction of sp³-hybridized carbons (Fsp3) is 0.389. The molecule has 0 spiro atoms. The molecule has 1 aliphatic rings. The van der Waals surface area contributed by atoms with Crippen LogP contribution in [0, 0.1) is 0 Å². The summed E-state index contributed by atoms with van der Waals surface area (Å²) in [7, 11) is 1.66. The molecule has 1 amide bonds. The zero-order valence-corrected chi connectivity index (χ0v) is 13.2. The summed E-state index contributed by atoms with van der Waals surface area (Å²) < 4.78 is 7.39. The van der Waals surface area contributed by atoms with Gasteiger partial charge in [-0.3, -0.25) is 4.79 Å². The molecule has 0 saturated carbocycles. The molecule has 22 heavy (non-hydrogen) atoms. The lowest BCUT2D eigenvalue weighted by atomic mass is 10.1. The van der Waals surface area contributed by atoms with E-state index in [2.05, 4.69) is 29.8 Å². The molecule has 2 aromatic rings. The van der Waals surface area contributed by atoms with Crippen molar-refractivity contribution in [3.05, 3.63) is 53.9 Å². The molecule has 0 fully saturated rings. The van der Waals surface area contributed by atoms with Crippen LogP contribution in [0.3, 0.4) is 0 Å². The number of carbonyl (C=O) groups excluding carboxylic acids is 1. The molecule has 0 N–H and O–H groups in total. The van der Waals surface area contributed by atoms with Crippen LogP contribution in [-0.2, 0) is 17.8 Å². The van der Waals surface area contributed by atoms with Gasteiger partial charge in [-0.15, -0.1) is 0 Å². The number of benzene rings is 1. The van der Waals surface area contributed by atoms with Crippen molar-refractivity contribution in [2.45, 2.75) is 32.4 Å². The molecule has 1 atom stereocenters. The first-order chi connectivity index (χ1) is 10.7. The summed E-state index contributed by atoms with van der Waals surface area (Å²) in [5.41, 5.74) is 2.39. The van der Waals surface area contributed by atoms with Crippen molar-refractivity contribution >= 4 is 5.91 Å². The number of fused-ring (bicyclic) bond motifs is 1. The van der Waals surface area contributed by atoms with Crippen molar-refractivity contribution in [3.8, 4) is 5.75 Å². The maximum atomic E-state index is 12.5. The van der Waals surface area contributed by atoms with Crippen molar-refractivity contribution in [1.82, 2.24) is 9.47 Å². The Morgan fingerprint density at radius 1 is 1.23 bits per heavy atom. The summed E-state index contributed by atoms with van der Waals surface area (Å²) in [6.07, 6.45) is 3.41. The Kier molecular flexibility index (Phi) is 4.18. The van der Waals surface area contributed by atoms with E-state index in [9.17, 15) is 4.79 Å². The number of hydrogen-bond donors (Lipinski definition) is 0. The SMILES string of the molecule is COc1ccc(CCC(=O)N2CCn3cccc3[C@H]2C)cc1. The van der Waals surface area contributed by atoms with E-state index in [4.69, 9.17) is 4.74 Å². The third-order valence-corrected chi connectivity index (χ3v) is 4.45. The molecular weight excluding hydrogens is 276 g/mol. The van der Waals surface area contributed by atoms with Crippen LogP contribution in [0.5, 0.6) is 5.75 Å². The summed E-state index contributed by atoms with van der Waals surface area (Å²) in [5.74, 6) is 1.08. The molecule has 2 heterocycles. The summed E-state index contributed by atoms with van der Waals surface area (Å²) in [6.45, 7) is 3.79. The fourth-order valence-corrected chi connectivity index (χ4v) is 3.11. The van der Waals surface area contributed by atoms with Crippen molar-refractivity contribution in [1.29, 1.82) is 0 Å². The van der Waals surface area contributed by atoms with Crippen LogP contribution in [0.4, 0.5) is 0 Å². The molecule has 4 nitrogen and oxygen atoms in total. The third-order valence-electron chi connectivity index (χ3n) is 4.45. The number of aromatic nitrogens is 1. The molecular formula is C18H22N2O2. The second kappa shape index (κ2) is 6.26. The van der Waals surface area contributed by atoms with Gasteiger partial charge in [-0.1, -0.05) is 12.1 Å². The number of nitrogens with zero attached hydrogens (tertiary/aromatic N) is 2. The highest BCUT2D eigenvalue weighted by atomic mass is 16.5. The van der Waals surface area contributed by atoms with Crippen molar-refractivity contribution in [2.24, 2.45) is 0 Å². The summed E-state index contributed by atoms with van der Waals surface area (Å²) >= 11 is 0. The minimum absolute atomic E-state index is 0.159. The van der Waals surface area contributed by atoms with Gasteiger partial charge in [-0.25, -0.2) is 0 Å². The number of carbonyl (C=O) groups is 1. The molecule has 1 aliphatic heterocycles. The maximum Gasteiger partial charge on any atom is 0.223 e. The van der Waals surface area contributed by atoms with E-state index in [1.54, 1.807) is 7.11 Å². The highest BCUT2D eigenvalue weighted by Crippen LogP contribution is 2.26. The maximum absolute atomic E-state index is 12.5. The number of hydrogen-bond acceptors (Lipinski definition) is 2. The minimum atomic E-state index is 0.159. The van der Waals surface area contributed by atoms with Crippen LogP contribution in [0.15, 0.2) is 42.6 Å². The van der Waals surface area contributed by atoms with E-state index in [0.717, 1.165) is 25.3 Å². The Hall–Kier alpha value is -2.23. The van der Waals surface area contributed by atoms with E-state index in [0.29, 0.717) is 6.42 Å². The van der Waals surface area contributed by atoms with E-state index < -0.39 is 0 Å². The van der Waals surface area contributed by atoms with Gasteiger partial charge < -0.3 is 14.2 Å². The van der Waals surface area contributed by atoms with E-state index in [-0.39, 0.29) is 11.9 Å². The van der Waals surface area contributed by atoms with Gasteiger partial charge in [0.15, 0.2) is 0 Å². The van der Waals surface area contributed by atoms with Crippen molar-refractivity contribution in [2.75, 3.05) is 13.7 Å². The molecule has 3 rings (SSSR count). The number of rotatable bonds is 4. The highest BCUT2D eigenvalue weighted by molar-refractivity contribution is 5.77. The van der Waals surface area contributed by atoms with Gasteiger partial charge in [0.05, 0.1) is 13.2 Å². The molecule has 0 unspecified atom stereocenters. The second-order valence-electron chi connectivity index (χ2n) is 5.74. The molecule has 0 bridgehead atoms. The normalized spacial score (nSPS) is 17.2. The number of ether oxygens (including phenoxy) is 1. The number of aryl methyl sites for hydroxylation is 1. The lowest BCUT2D eigenvalue weighted by Crippen LogP contribution is -2.40. The van der Waals surface area contributed by atoms with Crippen molar-refractivity contribution < 1.29 is 9.53 Å². The molecule has 1 aromatic heterocycles. The van der Waals surface area contributed by atoms with Crippen LogP contribution in [0.25, 0.3) is 0 Å². The van der Waals surface area contributed by atoms with Crippen LogP contribution in [-0.4, -0.2) is 29.0 Å². The Morgan fingerprint density at radius 2 is 2.00 bits per heavy atom. The predicted molar refractivity (Wildman–Crippen MR) is 85.9 cm³/mol. The van der Waals surface area contributed by atoms with Gasteiger partial charge in [0.2, 0.25) is 5.91 Å². The first-order valence-electron chi connectivity index (χ1n) is 7.76. The van der Waals surface area contributed by atoms with E-state index >= 15 is 0 Å². The summed E-state index contributed by atoms with van der Waals surface area (Å²) in [4.78, 5) is 14.5. The lowest BCUT2D eigenvalue weighted by Gasteiger charge is -2.35. The van der Waals surface area contributed by atoms with E-state index in [1.807, 2.05) is 29.2 Å². The van der Waals surface area contributed by atoms with Gasteiger partial charge in [0, 0.05) is 31.4 Å². The van der Waals surface area contributed by atoms with E-state index in [1.165, 1.54) is 11.3 Å². The predicted octanol–water partition coefficient (Wildman–Crippen LogP) is 3.03. The minimum Gasteiger partial charge on any atom is -0.497 e. The van der Waals surface area contributed by atoms with Crippen LogP contribution in [0.1, 0.15) is 30.6 Å².